The average molecular weight is 309 g/mol. The van der Waals surface area contributed by atoms with E-state index in [4.69, 9.17) is 0 Å². The lowest BCUT2D eigenvalue weighted by Gasteiger charge is -2.34. The molecule has 1 saturated carbocycles. The van der Waals surface area contributed by atoms with E-state index in [-0.39, 0.29) is 12.1 Å². The summed E-state index contributed by atoms with van der Waals surface area (Å²) in [5, 5.41) is 5.84. The standard InChI is InChI=1S/C14H19N3O3S/c1-21(19,20)17-9-8-12(11-4-2-3-5-13(11)17)16-14(18)15-10-6-7-10/h2-5,10,12H,6-9H2,1H3,(H2,15,16,18). The highest BCUT2D eigenvalue weighted by Crippen LogP contribution is 2.35. The molecule has 1 aliphatic carbocycles. The first kappa shape index (κ1) is 14.2. The molecule has 1 aliphatic heterocycles. The minimum absolute atomic E-state index is 0.155. The Bertz CT molecular complexity index is 655. The summed E-state index contributed by atoms with van der Waals surface area (Å²) in [6.45, 7) is 0.379. The summed E-state index contributed by atoms with van der Waals surface area (Å²) in [5.41, 5.74) is 1.50. The average Bonchev–Trinajstić information content (AvgIpc) is 3.21. The summed E-state index contributed by atoms with van der Waals surface area (Å²) in [4.78, 5) is 11.9. The van der Waals surface area contributed by atoms with E-state index >= 15 is 0 Å². The van der Waals surface area contributed by atoms with Crippen LogP contribution in [-0.4, -0.2) is 33.3 Å². The lowest BCUT2D eigenvalue weighted by atomic mass is 9.98. The van der Waals surface area contributed by atoms with Crippen molar-refractivity contribution in [2.24, 2.45) is 0 Å². The van der Waals surface area contributed by atoms with Crippen LogP contribution < -0.4 is 14.9 Å². The summed E-state index contributed by atoms with van der Waals surface area (Å²) < 4.78 is 25.1. The maximum Gasteiger partial charge on any atom is 0.315 e. The SMILES string of the molecule is CS(=O)(=O)N1CCC(NC(=O)NC2CC2)c2ccccc21. The number of sulfonamides is 1. The van der Waals surface area contributed by atoms with E-state index < -0.39 is 10.0 Å². The summed E-state index contributed by atoms with van der Waals surface area (Å²) in [6, 6.07) is 7.29. The van der Waals surface area contributed by atoms with Crippen molar-refractivity contribution in [3.8, 4) is 0 Å². The summed E-state index contributed by atoms with van der Waals surface area (Å²) in [6.07, 6.45) is 3.85. The second-order valence-corrected chi connectivity index (χ2v) is 7.53. The van der Waals surface area contributed by atoms with E-state index in [1.807, 2.05) is 18.2 Å². The van der Waals surface area contributed by atoms with Crippen molar-refractivity contribution < 1.29 is 13.2 Å². The molecule has 1 aromatic carbocycles. The van der Waals surface area contributed by atoms with Crippen molar-refractivity contribution in [3.05, 3.63) is 29.8 Å². The third kappa shape index (κ3) is 3.12. The van der Waals surface area contributed by atoms with E-state index in [2.05, 4.69) is 10.6 Å². The van der Waals surface area contributed by atoms with Crippen LogP contribution in [0, 0.1) is 0 Å². The van der Waals surface area contributed by atoms with E-state index in [0.29, 0.717) is 24.7 Å². The lowest BCUT2D eigenvalue weighted by molar-refractivity contribution is 0.236. The minimum atomic E-state index is -3.30. The Morgan fingerprint density at radius 2 is 1.90 bits per heavy atom. The van der Waals surface area contributed by atoms with Gasteiger partial charge in [-0.3, -0.25) is 4.31 Å². The van der Waals surface area contributed by atoms with Crippen LogP contribution >= 0.6 is 0 Å². The molecule has 2 amide bonds. The molecule has 0 radical (unpaired) electrons. The van der Waals surface area contributed by atoms with Gasteiger partial charge in [-0.05, 0) is 30.9 Å². The van der Waals surface area contributed by atoms with Crippen molar-refractivity contribution in [1.29, 1.82) is 0 Å². The number of para-hydroxylation sites is 1. The molecular weight excluding hydrogens is 290 g/mol. The molecule has 114 valence electrons. The molecule has 2 N–H and O–H groups in total. The van der Waals surface area contributed by atoms with Gasteiger partial charge in [0, 0.05) is 12.6 Å². The largest absolute Gasteiger partial charge is 0.335 e. The predicted molar refractivity (Wildman–Crippen MR) is 80.7 cm³/mol. The van der Waals surface area contributed by atoms with Gasteiger partial charge < -0.3 is 10.6 Å². The molecule has 3 rings (SSSR count). The third-order valence-corrected chi connectivity index (χ3v) is 5.00. The first-order chi connectivity index (χ1) is 9.95. The molecule has 0 spiro atoms. The smallest absolute Gasteiger partial charge is 0.315 e. The van der Waals surface area contributed by atoms with E-state index in [0.717, 1.165) is 18.4 Å². The molecule has 2 aliphatic rings. The minimum Gasteiger partial charge on any atom is -0.335 e. The van der Waals surface area contributed by atoms with Gasteiger partial charge >= 0.3 is 6.03 Å². The number of nitrogens with one attached hydrogen (secondary N) is 2. The van der Waals surface area contributed by atoms with Crippen molar-refractivity contribution in [2.45, 2.75) is 31.3 Å². The van der Waals surface area contributed by atoms with E-state index in [1.54, 1.807) is 6.07 Å². The van der Waals surface area contributed by atoms with Gasteiger partial charge in [0.2, 0.25) is 10.0 Å². The number of nitrogens with zero attached hydrogens (tertiary/aromatic N) is 1. The van der Waals surface area contributed by atoms with Crippen molar-refractivity contribution in [1.82, 2.24) is 10.6 Å². The van der Waals surface area contributed by atoms with Crippen LogP contribution in [0.3, 0.4) is 0 Å². The second-order valence-electron chi connectivity index (χ2n) is 5.63. The highest BCUT2D eigenvalue weighted by Gasteiger charge is 2.31. The zero-order valence-electron chi connectivity index (χ0n) is 11.9. The monoisotopic (exact) mass is 309 g/mol. The number of carbonyl (C=O) groups is 1. The van der Waals surface area contributed by atoms with Gasteiger partial charge in [0.1, 0.15) is 0 Å². The van der Waals surface area contributed by atoms with E-state index in [9.17, 15) is 13.2 Å². The number of anilines is 1. The third-order valence-electron chi connectivity index (χ3n) is 3.82. The normalized spacial score (nSPS) is 21.6. The fourth-order valence-corrected chi connectivity index (χ4v) is 3.60. The molecule has 21 heavy (non-hydrogen) atoms. The first-order valence-corrected chi connectivity index (χ1v) is 8.93. The Hall–Kier alpha value is -1.76. The highest BCUT2D eigenvalue weighted by molar-refractivity contribution is 7.92. The van der Waals surface area contributed by atoms with Crippen molar-refractivity contribution in [3.63, 3.8) is 0 Å². The van der Waals surface area contributed by atoms with Crippen LogP contribution in [0.15, 0.2) is 24.3 Å². The maximum absolute atomic E-state index is 11.9. The number of hydrogen-bond acceptors (Lipinski definition) is 3. The second kappa shape index (κ2) is 5.22. The molecule has 1 heterocycles. The molecule has 0 saturated heterocycles. The zero-order chi connectivity index (χ0) is 15.0. The number of benzene rings is 1. The van der Waals surface area contributed by atoms with Gasteiger partial charge in [-0.25, -0.2) is 13.2 Å². The summed E-state index contributed by atoms with van der Waals surface area (Å²) in [7, 11) is -3.30. The molecule has 0 aromatic heterocycles. The lowest BCUT2D eigenvalue weighted by Crippen LogP contribution is -2.44. The number of hydrogen-bond donors (Lipinski definition) is 2. The Kier molecular flexibility index (Phi) is 3.52. The first-order valence-electron chi connectivity index (χ1n) is 7.09. The van der Waals surface area contributed by atoms with Crippen LogP contribution in [0.4, 0.5) is 10.5 Å². The van der Waals surface area contributed by atoms with Gasteiger partial charge in [-0.15, -0.1) is 0 Å². The van der Waals surface area contributed by atoms with Crippen molar-refractivity contribution >= 4 is 21.7 Å². The fraction of sp³-hybridized carbons (Fsp3) is 0.500. The molecule has 1 atom stereocenters. The molecule has 0 bridgehead atoms. The highest BCUT2D eigenvalue weighted by atomic mass is 32.2. The molecule has 1 aromatic rings. The maximum atomic E-state index is 11.9. The topological polar surface area (TPSA) is 78.5 Å². The number of rotatable bonds is 3. The van der Waals surface area contributed by atoms with Gasteiger partial charge in [0.15, 0.2) is 0 Å². The number of carbonyl (C=O) groups excluding carboxylic acids is 1. The van der Waals surface area contributed by atoms with Crippen LogP contribution in [0.1, 0.15) is 30.9 Å². The van der Waals surface area contributed by atoms with Crippen LogP contribution in [0.2, 0.25) is 0 Å². The van der Waals surface area contributed by atoms with Gasteiger partial charge in [-0.1, -0.05) is 18.2 Å². The Labute approximate surface area is 124 Å². The molecule has 7 heteroatoms. The molecule has 6 nitrogen and oxygen atoms in total. The van der Waals surface area contributed by atoms with Gasteiger partial charge in [0.05, 0.1) is 18.0 Å². The van der Waals surface area contributed by atoms with Crippen LogP contribution in [-0.2, 0) is 10.0 Å². The fourth-order valence-electron chi connectivity index (χ4n) is 2.64. The molecular formula is C14H19N3O3S. The Morgan fingerprint density at radius 1 is 1.19 bits per heavy atom. The predicted octanol–water partition coefficient (Wildman–Crippen LogP) is 1.36. The number of fused-ring (bicyclic) bond motifs is 1. The quantitative estimate of drug-likeness (QED) is 0.885. The number of amides is 2. The van der Waals surface area contributed by atoms with Gasteiger partial charge in [-0.2, -0.15) is 0 Å². The number of urea groups is 1. The summed E-state index contributed by atoms with van der Waals surface area (Å²) in [5.74, 6) is 0. The van der Waals surface area contributed by atoms with Crippen molar-refractivity contribution in [2.75, 3.05) is 17.1 Å². The van der Waals surface area contributed by atoms with E-state index in [1.165, 1.54) is 10.6 Å². The molecule has 1 unspecified atom stereocenters. The molecule has 1 fully saturated rings. The Balaban J connectivity index is 1.82. The van der Waals surface area contributed by atoms with Crippen LogP contribution in [0.25, 0.3) is 0 Å². The summed E-state index contributed by atoms with van der Waals surface area (Å²) >= 11 is 0. The zero-order valence-corrected chi connectivity index (χ0v) is 12.7. The van der Waals surface area contributed by atoms with Crippen LogP contribution in [0.5, 0.6) is 0 Å². The Morgan fingerprint density at radius 3 is 2.57 bits per heavy atom. The van der Waals surface area contributed by atoms with Gasteiger partial charge in [0.25, 0.3) is 0 Å².